The fourth-order valence-electron chi connectivity index (χ4n) is 4.75. The molecule has 0 saturated carbocycles. The molecule has 1 aliphatic rings. The number of rotatable bonds is 9. The average molecular weight is 515 g/mol. The lowest BCUT2D eigenvalue weighted by atomic mass is 9.83. The summed E-state index contributed by atoms with van der Waals surface area (Å²) in [5.74, 6) is -1.95. The summed E-state index contributed by atoms with van der Waals surface area (Å²) in [7, 11) is 0. The van der Waals surface area contributed by atoms with Crippen molar-refractivity contribution in [3.05, 3.63) is 118 Å². The number of nitrogens with one attached hydrogen (secondary N) is 1. The van der Waals surface area contributed by atoms with Crippen molar-refractivity contribution in [1.29, 1.82) is 0 Å². The van der Waals surface area contributed by atoms with Gasteiger partial charge in [0, 0.05) is 30.1 Å². The first kappa shape index (κ1) is 26.8. The van der Waals surface area contributed by atoms with Crippen molar-refractivity contribution in [2.75, 3.05) is 13.2 Å². The van der Waals surface area contributed by atoms with Gasteiger partial charge in [-0.2, -0.15) is 0 Å². The smallest absolute Gasteiger partial charge is 0.336 e. The molecule has 0 spiro atoms. The van der Waals surface area contributed by atoms with Gasteiger partial charge < -0.3 is 15.0 Å². The molecule has 1 aliphatic heterocycles. The summed E-state index contributed by atoms with van der Waals surface area (Å²) in [6.45, 7) is 4.29. The lowest BCUT2D eigenvalue weighted by Crippen LogP contribution is -2.38. The van der Waals surface area contributed by atoms with E-state index in [0.717, 1.165) is 17.5 Å². The minimum Gasteiger partial charge on any atom is -0.463 e. The van der Waals surface area contributed by atoms with Gasteiger partial charge in [-0.3, -0.25) is 9.59 Å². The zero-order chi connectivity index (χ0) is 27.1. The molecule has 4 rings (SSSR count). The van der Waals surface area contributed by atoms with Gasteiger partial charge in [0.25, 0.3) is 5.91 Å². The molecule has 3 aromatic rings. The van der Waals surface area contributed by atoms with Crippen LogP contribution in [0.4, 0.5) is 4.39 Å². The molecule has 0 radical (unpaired) electrons. The highest BCUT2D eigenvalue weighted by Gasteiger charge is 2.37. The number of ether oxygens (including phenoxy) is 1. The Morgan fingerprint density at radius 2 is 1.74 bits per heavy atom. The topological polar surface area (TPSA) is 75.7 Å². The van der Waals surface area contributed by atoms with E-state index in [1.165, 1.54) is 17.0 Å². The van der Waals surface area contributed by atoms with Crippen molar-refractivity contribution in [2.45, 2.75) is 39.2 Å². The lowest BCUT2D eigenvalue weighted by Gasteiger charge is -2.34. The number of benzene rings is 3. The SMILES string of the molecule is CCOC(=O)C1=C(C)N(Cc2cccc(C(=O)NCCc3ccccc3)c2)C(=O)CC1c1cccc(F)c1. The normalized spacial score (nSPS) is 15.4. The molecule has 1 N–H and O–H groups in total. The number of esters is 1. The Balaban J connectivity index is 1.53. The third-order valence-electron chi connectivity index (χ3n) is 6.64. The van der Waals surface area contributed by atoms with Crippen molar-refractivity contribution < 1.29 is 23.5 Å². The molecule has 0 aliphatic carbocycles. The van der Waals surface area contributed by atoms with Gasteiger partial charge in [0.1, 0.15) is 5.82 Å². The molecule has 2 amide bonds. The molecule has 0 bridgehead atoms. The van der Waals surface area contributed by atoms with Crippen LogP contribution in [0.3, 0.4) is 0 Å². The van der Waals surface area contributed by atoms with E-state index >= 15 is 0 Å². The molecule has 196 valence electrons. The van der Waals surface area contributed by atoms with Crippen LogP contribution in [0.15, 0.2) is 90.1 Å². The van der Waals surface area contributed by atoms with Gasteiger partial charge in [0.2, 0.25) is 5.91 Å². The summed E-state index contributed by atoms with van der Waals surface area (Å²) in [6, 6.07) is 23.0. The maximum absolute atomic E-state index is 14.0. The number of carbonyl (C=O) groups excluding carboxylic acids is 3. The molecule has 1 atom stereocenters. The lowest BCUT2D eigenvalue weighted by molar-refractivity contribution is -0.140. The van der Waals surface area contributed by atoms with Crippen LogP contribution in [0.1, 0.15) is 53.2 Å². The van der Waals surface area contributed by atoms with Crippen molar-refractivity contribution in [2.24, 2.45) is 0 Å². The summed E-state index contributed by atoms with van der Waals surface area (Å²) in [6.07, 6.45) is 0.732. The second-order valence-corrected chi connectivity index (χ2v) is 9.20. The number of allylic oxidation sites excluding steroid dienone is 1. The van der Waals surface area contributed by atoms with E-state index in [9.17, 15) is 18.8 Å². The first-order chi connectivity index (χ1) is 18.4. The summed E-state index contributed by atoms with van der Waals surface area (Å²) in [5.41, 5.74) is 3.74. The molecule has 7 heteroatoms. The summed E-state index contributed by atoms with van der Waals surface area (Å²) in [5, 5.41) is 2.94. The minimum absolute atomic E-state index is 0.00854. The zero-order valence-electron chi connectivity index (χ0n) is 21.6. The van der Waals surface area contributed by atoms with Gasteiger partial charge in [-0.15, -0.1) is 0 Å². The third-order valence-corrected chi connectivity index (χ3v) is 6.64. The van der Waals surface area contributed by atoms with Gasteiger partial charge in [0.15, 0.2) is 0 Å². The Hall–Kier alpha value is -4.26. The number of hydrogen-bond acceptors (Lipinski definition) is 4. The molecule has 38 heavy (non-hydrogen) atoms. The summed E-state index contributed by atoms with van der Waals surface area (Å²) in [4.78, 5) is 40.5. The Labute approximate surface area is 222 Å². The van der Waals surface area contributed by atoms with E-state index < -0.39 is 17.7 Å². The predicted molar refractivity (Wildman–Crippen MR) is 143 cm³/mol. The maximum atomic E-state index is 14.0. The van der Waals surface area contributed by atoms with Crippen LogP contribution >= 0.6 is 0 Å². The number of nitrogens with zero attached hydrogens (tertiary/aromatic N) is 1. The van der Waals surface area contributed by atoms with Gasteiger partial charge in [-0.1, -0.05) is 54.6 Å². The molecule has 3 aromatic carbocycles. The molecule has 1 heterocycles. The molecule has 0 saturated heterocycles. The Kier molecular flexibility index (Phi) is 8.69. The molecular formula is C31H31FN2O4. The standard InChI is InChI=1S/C31H31FN2O4/c1-3-38-31(37)29-21(2)34(28(35)19-27(29)24-12-8-14-26(32)18-24)20-23-11-7-13-25(17-23)30(36)33-16-15-22-9-5-4-6-10-22/h4-14,17-18,27H,3,15-16,19-20H2,1-2H3,(H,33,36). The molecule has 1 unspecified atom stereocenters. The fraction of sp³-hybridized carbons (Fsp3) is 0.258. The first-order valence-corrected chi connectivity index (χ1v) is 12.7. The molecule has 6 nitrogen and oxygen atoms in total. The van der Waals surface area contributed by atoms with E-state index in [1.54, 1.807) is 44.2 Å². The van der Waals surface area contributed by atoms with Crippen molar-refractivity contribution in [3.8, 4) is 0 Å². The largest absolute Gasteiger partial charge is 0.463 e. The average Bonchev–Trinajstić information content (AvgIpc) is 2.91. The van der Waals surface area contributed by atoms with E-state index in [1.807, 2.05) is 36.4 Å². The Morgan fingerprint density at radius 1 is 1.00 bits per heavy atom. The Bertz CT molecular complexity index is 1350. The highest BCUT2D eigenvalue weighted by molar-refractivity contribution is 5.96. The van der Waals surface area contributed by atoms with Gasteiger partial charge in [0.05, 0.1) is 18.7 Å². The van der Waals surface area contributed by atoms with Crippen LogP contribution < -0.4 is 5.32 Å². The maximum Gasteiger partial charge on any atom is 0.336 e. The van der Waals surface area contributed by atoms with Crippen LogP contribution in [0.5, 0.6) is 0 Å². The fourth-order valence-corrected chi connectivity index (χ4v) is 4.75. The summed E-state index contributed by atoms with van der Waals surface area (Å²) < 4.78 is 19.3. The van der Waals surface area contributed by atoms with Crippen LogP contribution in [0, 0.1) is 5.82 Å². The number of carbonyl (C=O) groups is 3. The van der Waals surface area contributed by atoms with Gasteiger partial charge in [-0.25, -0.2) is 9.18 Å². The van der Waals surface area contributed by atoms with Crippen molar-refractivity contribution in [3.63, 3.8) is 0 Å². The van der Waals surface area contributed by atoms with E-state index in [4.69, 9.17) is 4.74 Å². The Morgan fingerprint density at radius 3 is 2.47 bits per heavy atom. The predicted octanol–water partition coefficient (Wildman–Crippen LogP) is 5.15. The van der Waals surface area contributed by atoms with E-state index in [-0.39, 0.29) is 31.4 Å². The van der Waals surface area contributed by atoms with Gasteiger partial charge >= 0.3 is 5.97 Å². The van der Waals surface area contributed by atoms with Gasteiger partial charge in [-0.05, 0) is 61.2 Å². The highest BCUT2D eigenvalue weighted by Crippen LogP contribution is 2.38. The number of hydrogen-bond donors (Lipinski definition) is 1. The molecular weight excluding hydrogens is 483 g/mol. The molecule has 0 fully saturated rings. The number of halogens is 1. The van der Waals surface area contributed by atoms with Crippen LogP contribution in [-0.4, -0.2) is 35.8 Å². The van der Waals surface area contributed by atoms with E-state index in [0.29, 0.717) is 28.9 Å². The molecule has 0 aromatic heterocycles. The van der Waals surface area contributed by atoms with Crippen molar-refractivity contribution >= 4 is 17.8 Å². The zero-order valence-corrected chi connectivity index (χ0v) is 21.6. The monoisotopic (exact) mass is 514 g/mol. The summed E-state index contributed by atoms with van der Waals surface area (Å²) >= 11 is 0. The highest BCUT2D eigenvalue weighted by atomic mass is 19.1. The van der Waals surface area contributed by atoms with Crippen LogP contribution in [0.25, 0.3) is 0 Å². The van der Waals surface area contributed by atoms with Crippen LogP contribution in [0.2, 0.25) is 0 Å². The second kappa shape index (κ2) is 12.3. The quantitative estimate of drug-likeness (QED) is 0.401. The second-order valence-electron chi connectivity index (χ2n) is 9.20. The first-order valence-electron chi connectivity index (χ1n) is 12.7. The van der Waals surface area contributed by atoms with Crippen molar-refractivity contribution in [1.82, 2.24) is 10.2 Å². The third kappa shape index (κ3) is 6.35. The van der Waals surface area contributed by atoms with E-state index in [2.05, 4.69) is 5.32 Å². The van der Waals surface area contributed by atoms with Crippen LogP contribution in [-0.2, 0) is 27.3 Å². The minimum atomic E-state index is -0.602. The number of amides is 2.